The molecule has 0 N–H and O–H groups in total. The number of carbonyl (C=O) groups excluding carboxylic acids is 1. The molecule has 1 saturated heterocycles. The third-order valence-electron chi connectivity index (χ3n) is 4.69. The number of rotatable bonds is 4. The lowest BCUT2D eigenvalue weighted by Gasteiger charge is -2.26. The Kier molecular flexibility index (Phi) is 4.77. The Hall–Kier alpha value is -2.93. The van der Waals surface area contributed by atoms with Crippen molar-refractivity contribution in [3.05, 3.63) is 47.7 Å². The van der Waals surface area contributed by atoms with E-state index < -0.39 is 0 Å². The van der Waals surface area contributed by atoms with Gasteiger partial charge in [0.1, 0.15) is 0 Å². The zero-order chi connectivity index (χ0) is 18.8. The number of fused-ring (bicyclic) bond motifs is 1. The van der Waals surface area contributed by atoms with Crippen LogP contribution in [-0.4, -0.2) is 58.5 Å². The average molecular weight is 366 g/mol. The van der Waals surface area contributed by atoms with Gasteiger partial charge < -0.3 is 14.4 Å². The van der Waals surface area contributed by atoms with Crippen LogP contribution in [-0.2, 0) is 9.53 Å². The second kappa shape index (κ2) is 7.36. The number of nitrogens with zero attached hydrogens (tertiary/aromatic N) is 4. The van der Waals surface area contributed by atoms with Gasteiger partial charge in [-0.3, -0.25) is 4.79 Å². The fourth-order valence-electron chi connectivity index (χ4n) is 3.34. The predicted molar refractivity (Wildman–Crippen MR) is 101 cm³/mol. The molecule has 1 aliphatic rings. The molecule has 0 unspecified atom stereocenters. The highest BCUT2D eigenvalue weighted by molar-refractivity contribution is 5.84. The first-order valence-electron chi connectivity index (χ1n) is 9.04. The van der Waals surface area contributed by atoms with Crippen molar-refractivity contribution in [3.8, 4) is 11.6 Å². The molecule has 140 valence electrons. The number of aryl methyl sites for hydroxylation is 2. The summed E-state index contributed by atoms with van der Waals surface area (Å²) in [7, 11) is 0. The first-order chi connectivity index (χ1) is 13.1. The molecule has 3 aromatic rings. The van der Waals surface area contributed by atoms with Crippen LogP contribution < -0.4 is 4.74 Å². The molecule has 3 heterocycles. The van der Waals surface area contributed by atoms with E-state index in [4.69, 9.17) is 9.47 Å². The molecule has 7 nitrogen and oxygen atoms in total. The van der Waals surface area contributed by atoms with Gasteiger partial charge in [0, 0.05) is 24.5 Å². The second-order valence-corrected chi connectivity index (χ2v) is 6.59. The molecule has 1 amide bonds. The van der Waals surface area contributed by atoms with Gasteiger partial charge >= 0.3 is 0 Å². The molecule has 1 fully saturated rings. The summed E-state index contributed by atoms with van der Waals surface area (Å²) in [5.41, 5.74) is 3.60. The van der Waals surface area contributed by atoms with Gasteiger partial charge in [-0.25, -0.2) is 4.68 Å². The summed E-state index contributed by atoms with van der Waals surface area (Å²) in [5, 5.41) is 5.65. The van der Waals surface area contributed by atoms with E-state index in [0.29, 0.717) is 32.2 Å². The van der Waals surface area contributed by atoms with Gasteiger partial charge in [-0.2, -0.15) is 10.1 Å². The molecule has 27 heavy (non-hydrogen) atoms. The van der Waals surface area contributed by atoms with Crippen LogP contribution in [0.25, 0.3) is 16.7 Å². The maximum atomic E-state index is 12.3. The molecular weight excluding hydrogens is 344 g/mol. The normalized spacial score (nSPS) is 14.5. The van der Waals surface area contributed by atoms with Gasteiger partial charge in [-0.05, 0) is 31.5 Å². The van der Waals surface area contributed by atoms with E-state index in [2.05, 4.69) is 10.1 Å². The van der Waals surface area contributed by atoms with E-state index in [-0.39, 0.29) is 12.5 Å². The molecule has 0 spiro atoms. The number of hydrogen-bond donors (Lipinski definition) is 0. The fourth-order valence-corrected chi connectivity index (χ4v) is 3.34. The summed E-state index contributed by atoms with van der Waals surface area (Å²) in [4.78, 5) is 18.7. The lowest BCUT2D eigenvalue weighted by atomic mass is 10.2. The number of para-hydroxylation sites is 1. The number of morpholine rings is 1. The first kappa shape index (κ1) is 17.5. The summed E-state index contributed by atoms with van der Waals surface area (Å²) < 4.78 is 12.8. The summed E-state index contributed by atoms with van der Waals surface area (Å²) in [6.45, 7) is 6.30. The minimum Gasteiger partial charge on any atom is -0.467 e. The fraction of sp³-hybridized carbons (Fsp3) is 0.350. The summed E-state index contributed by atoms with van der Waals surface area (Å²) in [6.07, 6.45) is 0. The third-order valence-corrected chi connectivity index (χ3v) is 4.69. The van der Waals surface area contributed by atoms with Gasteiger partial charge in [-0.1, -0.05) is 18.2 Å². The lowest BCUT2D eigenvalue weighted by Crippen LogP contribution is -2.43. The number of hydrogen-bond acceptors (Lipinski definition) is 5. The molecule has 0 bridgehead atoms. The van der Waals surface area contributed by atoms with E-state index in [1.165, 1.54) is 0 Å². The minimum atomic E-state index is -0.0504. The zero-order valence-electron chi connectivity index (χ0n) is 15.5. The van der Waals surface area contributed by atoms with Crippen LogP contribution in [0.4, 0.5) is 0 Å². The molecule has 2 aromatic heterocycles. The highest BCUT2D eigenvalue weighted by Crippen LogP contribution is 2.26. The summed E-state index contributed by atoms with van der Waals surface area (Å²) in [6, 6.07) is 11.7. The van der Waals surface area contributed by atoms with Crippen molar-refractivity contribution in [1.29, 1.82) is 0 Å². The van der Waals surface area contributed by atoms with E-state index in [0.717, 1.165) is 28.0 Å². The third kappa shape index (κ3) is 3.50. The Morgan fingerprint density at radius 3 is 2.67 bits per heavy atom. The van der Waals surface area contributed by atoms with Crippen LogP contribution in [0, 0.1) is 13.8 Å². The van der Waals surface area contributed by atoms with Crippen LogP contribution in [0.1, 0.15) is 11.3 Å². The number of ether oxygens (including phenoxy) is 2. The van der Waals surface area contributed by atoms with Crippen molar-refractivity contribution < 1.29 is 14.3 Å². The molecule has 0 aliphatic carbocycles. The Balaban J connectivity index is 1.61. The number of aromatic nitrogens is 3. The molecule has 0 radical (unpaired) electrons. The van der Waals surface area contributed by atoms with Crippen LogP contribution in [0.3, 0.4) is 0 Å². The van der Waals surface area contributed by atoms with Gasteiger partial charge in [0.15, 0.2) is 12.3 Å². The Bertz CT molecular complexity index is 962. The van der Waals surface area contributed by atoms with Crippen molar-refractivity contribution in [2.24, 2.45) is 0 Å². The van der Waals surface area contributed by atoms with E-state index in [1.54, 1.807) is 4.90 Å². The molecule has 7 heteroatoms. The molecule has 1 aliphatic heterocycles. The summed E-state index contributed by atoms with van der Waals surface area (Å²) >= 11 is 0. The van der Waals surface area contributed by atoms with Crippen LogP contribution in [0.15, 0.2) is 36.4 Å². The molecule has 4 rings (SSSR count). The zero-order valence-corrected chi connectivity index (χ0v) is 15.5. The summed E-state index contributed by atoms with van der Waals surface area (Å²) in [5.74, 6) is 0.379. The largest absolute Gasteiger partial charge is 0.467 e. The Morgan fingerprint density at radius 1 is 1.19 bits per heavy atom. The molecule has 0 saturated carbocycles. The van der Waals surface area contributed by atoms with E-state index in [9.17, 15) is 4.79 Å². The second-order valence-electron chi connectivity index (χ2n) is 6.59. The smallest absolute Gasteiger partial charge is 0.260 e. The SMILES string of the molecule is Cc1cc(OCC(=O)N2CCOCC2)nc2c1c(C)nn2-c1ccccc1. The van der Waals surface area contributed by atoms with Gasteiger partial charge in [0.25, 0.3) is 5.91 Å². The highest BCUT2D eigenvalue weighted by atomic mass is 16.5. The van der Waals surface area contributed by atoms with Crippen molar-refractivity contribution in [1.82, 2.24) is 19.7 Å². The lowest BCUT2D eigenvalue weighted by molar-refractivity contribution is -0.137. The highest BCUT2D eigenvalue weighted by Gasteiger charge is 2.19. The van der Waals surface area contributed by atoms with Crippen LogP contribution in [0.2, 0.25) is 0 Å². The monoisotopic (exact) mass is 366 g/mol. The maximum absolute atomic E-state index is 12.3. The van der Waals surface area contributed by atoms with Crippen LogP contribution >= 0.6 is 0 Å². The van der Waals surface area contributed by atoms with Crippen molar-refractivity contribution in [2.45, 2.75) is 13.8 Å². The number of pyridine rings is 1. The van der Waals surface area contributed by atoms with E-state index >= 15 is 0 Å². The number of benzene rings is 1. The number of carbonyl (C=O) groups is 1. The van der Waals surface area contributed by atoms with E-state index in [1.807, 2.05) is 54.9 Å². The first-order valence-corrected chi connectivity index (χ1v) is 9.04. The standard InChI is InChI=1S/C20H22N4O3/c1-14-12-17(27-13-18(25)23-8-10-26-11-9-23)21-20-19(14)15(2)22-24(20)16-6-4-3-5-7-16/h3-7,12H,8-11,13H2,1-2H3. The van der Waals surface area contributed by atoms with Crippen molar-refractivity contribution >= 4 is 16.9 Å². The van der Waals surface area contributed by atoms with Gasteiger partial charge in [0.2, 0.25) is 5.88 Å². The van der Waals surface area contributed by atoms with Gasteiger partial charge in [-0.15, -0.1) is 0 Å². The Morgan fingerprint density at radius 2 is 1.93 bits per heavy atom. The maximum Gasteiger partial charge on any atom is 0.260 e. The van der Waals surface area contributed by atoms with Gasteiger partial charge in [0.05, 0.1) is 24.6 Å². The molecule has 0 atom stereocenters. The molecular formula is C20H22N4O3. The molecule has 1 aromatic carbocycles. The van der Waals surface area contributed by atoms with Crippen molar-refractivity contribution in [3.63, 3.8) is 0 Å². The van der Waals surface area contributed by atoms with Crippen molar-refractivity contribution in [2.75, 3.05) is 32.9 Å². The van der Waals surface area contributed by atoms with Crippen LogP contribution in [0.5, 0.6) is 5.88 Å². The minimum absolute atomic E-state index is 0.0313. The number of amides is 1. The Labute approximate surface area is 157 Å². The predicted octanol–water partition coefficient (Wildman–Crippen LogP) is 2.27. The average Bonchev–Trinajstić information content (AvgIpc) is 3.04. The quantitative estimate of drug-likeness (QED) is 0.708. The topological polar surface area (TPSA) is 69.5 Å².